The van der Waals surface area contributed by atoms with Crippen LogP contribution in [0.5, 0.6) is 0 Å². The maximum atomic E-state index is 13.3. The largest absolute Gasteiger partial charge is 0.344 e. The minimum Gasteiger partial charge on any atom is -0.344 e. The minimum atomic E-state index is -0.423. The molecule has 2 heterocycles. The van der Waals surface area contributed by atoms with E-state index in [-0.39, 0.29) is 5.02 Å². The van der Waals surface area contributed by atoms with Crippen LogP contribution in [-0.4, -0.2) is 47.3 Å². The van der Waals surface area contributed by atoms with E-state index in [0.717, 1.165) is 45.0 Å². The van der Waals surface area contributed by atoms with Crippen LogP contribution in [0, 0.1) is 19.7 Å². The molecule has 0 bridgehead atoms. The zero-order valence-corrected chi connectivity index (χ0v) is 16.8. The Morgan fingerprint density at radius 2 is 1.85 bits per heavy atom. The molecular formula is C19H25ClFN4S+. The molecular weight excluding hydrogens is 371 g/mol. The number of benzene rings is 1. The number of hydrogen-bond donors (Lipinski definition) is 2. The molecule has 1 aliphatic rings. The first-order valence-corrected chi connectivity index (χ1v) is 9.70. The van der Waals surface area contributed by atoms with E-state index in [1.807, 2.05) is 0 Å². The Hall–Kier alpha value is -1.63. The fraction of sp³-hybridized carbons (Fsp3) is 0.421. The number of aryl methyl sites for hydroxylation is 2. The Labute approximate surface area is 164 Å². The van der Waals surface area contributed by atoms with Crippen LogP contribution in [0.3, 0.4) is 0 Å². The number of anilines is 1. The monoisotopic (exact) mass is 395 g/mol. The van der Waals surface area contributed by atoms with Gasteiger partial charge in [0.05, 0.1) is 44.3 Å². The summed E-state index contributed by atoms with van der Waals surface area (Å²) in [6.07, 6.45) is 0. The van der Waals surface area contributed by atoms with Crippen molar-refractivity contribution in [3.05, 3.63) is 52.6 Å². The molecule has 0 aliphatic carbocycles. The lowest BCUT2D eigenvalue weighted by Gasteiger charge is -2.34. The zero-order chi connectivity index (χ0) is 18.7. The number of nitrogens with zero attached hydrogens (tertiary/aromatic N) is 2. The normalized spacial score (nSPS) is 15.3. The molecule has 0 spiro atoms. The molecule has 140 valence electrons. The third-order valence-corrected chi connectivity index (χ3v) is 5.68. The molecule has 7 heteroatoms. The lowest BCUT2D eigenvalue weighted by Crippen LogP contribution is -3.15. The fourth-order valence-corrected chi connectivity index (χ4v) is 3.86. The van der Waals surface area contributed by atoms with E-state index in [0.29, 0.717) is 5.11 Å². The second kappa shape index (κ2) is 8.37. The summed E-state index contributed by atoms with van der Waals surface area (Å²) in [6, 6.07) is 8.91. The first-order chi connectivity index (χ1) is 12.4. The van der Waals surface area contributed by atoms with Gasteiger partial charge in [0.2, 0.25) is 0 Å². The van der Waals surface area contributed by atoms with E-state index in [4.69, 9.17) is 23.8 Å². The summed E-state index contributed by atoms with van der Waals surface area (Å²) in [6.45, 7) is 10.4. The summed E-state index contributed by atoms with van der Waals surface area (Å²) >= 11 is 11.3. The standard InChI is InChI=1S/C19H24ClFN4S/c1-14-3-4-15(2)25(14)12-9-23-7-10-24(11-8-23)19(26)22-16-5-6-18(21)17(20)13-16/h3-6,13H,7-12H2,1-2H3,(H,22,26)/p+1. The number of hydrogen-bond acceptors (Lipinski definition) is 1. The van der Waals surface area contributed by atoms with Gasteiger partial charge in [-0.3, -0.25) is 0 Å². The topological polar surface area (TPSA) is 24.6 Å². The smallest absolute Gasteiger partial charge is 0.173 e. The van der Waals surface area contributed by atoms with Crippen LogP contribution in [0.15, 0.2) is 30.3 Å². The van der Waals surface area contributed by atoms with Crippen LogP contribution in [0.25, 0.3) is 0 Å². The second-order valence-electron chi connectivity index (χ2n) is 6.81. The van der Waals surface area contributed by atoms with Crippen LogP contribution in [0.2, 0.25) is 5.02 Å². The van der Waals surface area contributed by atoms with Crippen molar-refractivity contribution in [1.82, 2.24) is 9.47 Å². The first-order valence-electron chi connectivity index (χ1n) is 8.91. The highest BCUT2D eigenvalue weighted by Crippen LogP contribution is 2.19. The predicted octanol–water partition coefficient (Wildman–Crippen LogP) is 2.49. The molecule has 1 fully saturated rings. The third-order valence-electron chi connectivity index (χ3n) is 5.03. The van der Waals surface area contributed by atoms with Crippen LogP contribution in [0.4, 0.5) is 10.1 Å². The van der Waals surface area contributed by atoms with E-state index >= 15 is 0 Å². The summed E-state index contributed by atoms with van der Waals surface area (Å²) in [5, 5.41) is 3.93. The van der Waals surface area contributed by atoms with E-state index in [1.54, 1.807) is 17.0 Å². The van der Waals surface area contributed by atoms with E-state index in [2.05, 4.69) is 40.8 Å². The molecule has 0 unspecified atom stereocenters. The van der Waals surface area contributed by atoms with Gasteiger partial charge in [0.15, 0.2) is 5.11 Å². The molecule has 4 nitrogen and oxygen atoms in total. The van der Waals surface area contributed by atoms with Crippen LogP contribution in [-0.2, 0) is 6.54 Å². The lowest BCUT2D eigenvalue weighted by atomic mass is 10.3. The van der Waals surface area contributed by atoms with Gasteiger partial charge in [-0.25, -0.2) is 4.39 Å². The number of thiocarbonyl (C=S) groups is 1. The molecule has 0 amide bonds. The first kappa shape index (κ1) is 19.1. The van der Waals surface area contributed by atoms with Gasteiger partial charge in [0.1, 0.15) is 5.82 Å². The quantitative estimate of drug-likeness (QED) is 0.778. The number of quaternary nitrogens is 1. The molecule has 1 aromatic heterocycles. The van der Waals surface area contributed by atoms with Crippen molar-refractivity contribution in [3.63, 3.8) is 0 Å². The third kappa shape index (κ3) is 4.55. The van der Waals surface area contributed by atoms with Crippen LogP contribution in [0.1, 0.15) is 11.4 Å². The van der Waals surface area contributed by atoms with Crippen molar-refractivity contribution in [2.24, 2.45) is 0 Å². The number of nitrogens with one attached hydrogen (secondary N) is 2. The van der Waals surface area contributed by atoms with Gasteiger partial charge in [0, 0.05) is 17.1 Å². The summed E-state index contributed by atoms with van der Waals surface area (Å²) in [5.74, 6) is -0.423. The molecule has 26 heavy (non-hydrogen) atoms. The summed E-state index contributed by atoms with van der Waals surface area (Å²) in [7, 11) is 0. The molecule has 3 rings (SSSR count). The molecule has 1 saturated heterocycles. The van der Waals surface area contributed by atoms with Gasteiger partial charge in [-0.05, 0) is 56.4 Å². The van der Waals surface area contributed by atoms with Gasteiger partial charge in [-0.2, -0.15) is 0 Å². The van der Waals surface area contributed by atoms with Crippen molar-refractivity contribution < 1.29 is 9.29 Å². The van der Waals surface area contributed by atoms with Gasteiger partial charge in [-0.1, -0.05) is 11.6 Å². The SMILES string of the molecule is Cc1ccc(C)n1CC[NH+]1CCN(C(=S)Nc2ccc(F)c(Cl)c2)CC1. The number of rotatable bonds is 4. The number of halogens is 2. The summed E-state index contributed by atoms with van der Waals surface area (Å²) < 4.78 is 15.6. The highest BCUT2D eigenvalue weighted by atomic mass is 35.5. The van der Waals surface area contributed by atoms with Gasteiger partial charge in [-0.15, -0.1) is 0 Å². The minimum absolute atomic E-state index is 0.0997. The Bertz CT molecular complexity index is 764. The van der Waals surface area contributed by atoms with E-state index in [1.165, 1.54) is 17.5 Å². The van der Waals surface area contributed by atoms with E-state index in [9.17, 15) is 4.39 Å². The summed E-state index contributed by atoms with van der Waals surface area (Å²) in [4.78, 5) is 3.77. The van der Waals surface area contributed by atoms with E-state index < -0.39 is 5.82 Å². The maximum absolute atomic E-state index is 13.3. The van der Waals surface area contributed by atoms with Gasteiger partial charge in [0.25, 0.3) is 0 Å². The number of piperazine rings is 1. The van der Waals surface area contributed by atoms with Crippen LogP contribution < -0.4 is 10.2 Å². The van der Waals surface area contributed by atoms with Gasteiger partial charge < -0.3 is 19.7 Å². The second-order valence-corrected chi connectivity index (χ2v) is 7.61. The average Bonchev–Trinajstić information content (AvgIpc) is 2.95. The molecule has 0 atom stereocenters. The lowest BCUT2D eigenvalue weighted by molar-refractivity contribution is -0.904. The van der Waals surface area contributed by atoms with Crippen molar-refractivity contribution >= 4 is 34.6 Å². The Morgan fingerprint density at radius 3 is 2.46 bits per heavy atom. The highest BCUT2D eigenvalue weighted by Gasteiger charge is 2.22. The Kier molecular flexibility index (Phi) is 6.16. The number of aromatic nitrogens is 1. The van der Waals surface area contributed by atoms with Crippen LogP contribution >= 0.6 is 23.8 Å². The van der Waals surface area contributed by atoms with Crippen molar-refractivity contribution in [2.75, 3.05) is 38.0 Å². The molecule has 2 aromatic rings. The maximum Gasteiger partial charge on any atom is 0.173 e. The summed E-state index contributed by atoms with van der Waals surface area (Å²) in [5.41, 5.74) is 3.36. The zero-order valence-electron chi connectivity index (χ0n) is 15.2. The molecule has 0 saturated carbocycles. The van der Waals surface area contributed by atoms with Gasteiger partial charge >= 0.3 is 0 Å². The fourth-order valence-electron chi connectivity index (χ4n) is 3.37. The molecule has 0 radical (unpaired) electrons. The Balaban J connectivity index is 1.47. The molecule has 1 aromatic carbocycles. The highest BCUT2D eigenvalue weighted by molar-refractivity contribution is 7.80. The van der Waals surface area contributed by atoms with Crippen molar-refractivity contribution in [3.8, 4) is 0 Å². The molecule has 1 aliphatic heterocycles. The predicted molar refractivity (Wildman–Crippen MR) is 109 cm³/mol. The van der Waals surface area contributed by atoms with Crippen molar-refractivity contribution in [2.45, 2.75) is 20.4 Å². The molecule has 2 N–H and O–H groups in total. The average molecular weight is 396 g/mol. The van der Waals surface area contributed by atoms with Crippen molar-refractivity contribution in [1.29, 1.82) is 0 Å². The Morgan fingerprint density at radius 1 is 1.19 bits per heavy atom.